The molecule has 1 heteroatoms. The number of carbonyl (C=O) groups excluding carboxylic acids is 1. The van der Waals surface area contributed by atoms with Gasteiger partial charge in [-0.15, -0.1) is 0 Å². The molecule has 0 aromatic heterocycles. The molecule has 0 heterocycles. The van der Waals surface area contributed by atoms with Crippen LogP contribution in [0, 0.1) is 0 Å². The fraction of sp³-hybridized carbons (Fsp3) is 0.150. The fourth-order valence-corrected chi connectivity index (χ4v) is 3.82. The molecule has 5 rings (SSSR count). The third-order valence-electron chi connectivity index (χ3n) is 4.95. The minimum atomic E-state index is 0.394. The van der Waals surface area contributed by atoms with Crippen LogP contribution in [0.5, 0.6) is 0 Å². The quantitative estimate of drug-likeness (QED) is 0.443. The van der Waals surface area contributed by atoms with Crippen LogP contribution in [0.4, 0.5) is 0 Å². The molecule has 0 atom stereocenters. The second-order valence-corrected chi connectivity index (χ2v) is 6.15. The Balaban J connectivity index is 1.94. The van der Waals surface area contributed by atoms with Gasteiger partial charge in [-0.2, -0.15) is 0 Å². The van der Waals surface area contributed by atoms with Gasteiger partial charge in [0.25, 0.3) is 0 Å². The van der Waals surface area contributed by atoms with E-state index in [0.29, 0.717) is 24.5 Å². The molecule has 1 aliphatic carbocycles. The molecule has 1 saturated carbocycles. The Morgan fingerprint density at radius 2 is 1.33 bits per heavy atom. The highest BCUT2D eigenvalue weighted by Gasteiger charge is 2.29. The number of hydrogen-bond donors (Lipinski definition) is 0. The molecule has 0 unspecified atom stereocenters. The molecule has 4 aromatic carbocycles. The first kappa shape index (κ1) is 11.3. The number of Topliss-reactive ketones (excluding diaryl/α,β-unsaturated/α-hetero) is 1. The van der Waals surface area contributed by atoms with E-state index in [1.54, 1.807) is 0 Å². The Labute approximate surface area is 122 Å². The van der Waals surface area contributed by atoms with Crippen LogP contribution in [0.25, 0.3) is 32.3 Å². The van der Waals surface area contributed by atoms with E-state index >= 15 is 0 Å². The van der Waals surface area contributed by atoms with Gasteiger partial charge in [0.15, 0.2) is 0 Å². The van der Waals surface area contributed by atoms with Crippen LogP contribution in [0.1, 0.15) is 24.3 Å². The van der Waals surface area contributed by atoms with Crippen molar-refractivity contribution in [1.29, 1.82) is 0 Å². The molecule has 0 N–H and O–H groups in total. The summed E-state index contributed by atoms with van der Waals surface area (Å²) in [5.74, 6) is 0.813. The molecule has 1 nitrogen and oxygen atoms in total. The van der Waals surface area contributed by atoms with Crippen molar-refractivity contribution < 1.29 is 4.79 Å². The van der Waals surface area contributed by atoms with E-state index in [-0.39, 0.29) is 0 Å². The van der Waals surface area contributed by atoms with E-state index in [1.807, 2.05) is 0 Å². The van der Waals surface area contributed by atoms with Gasteiger partial charge in [0.2, 0.25) is 0 Å². The van der Waals surface area contributed by atoms with E-state index in [2.05, 4.69) is 54.6 Å². The average Bonchev–Trinajstić information content (AvgIpc) is 2.50. The minimum Gasteiger partial charge on any atom is -0.300 e. The summed E-state index contributed by atoms with van der Waals surface area (Å²) >= 11 is 0. The first-order chi connectivity index (χ1) is 10.3. The highest BCUT2D eigenvalue weighted by molar-refractivity contribution is 6.23. The zero-order chi connectivity index (χ0) is 14.0. The predicted octanol–water partition coefficient (Wildman–Crippen LogP) is 5.03. The number of rotatable bonds is 1. The summed E-state index contributed by atoms with van der Waals surface area (Å²) in [6.45, 7) is 0. The van der Waals surface area contributed by atoms with Crippen molar-refractivity contribution >= 4 is 38.1 Å². The smallest absolute Gasteiger partial charge is 0.134 e. The molecule has 1 aliphatic rings. The normalized spacial score (nSPS) is 16.1. The monoisotopic (exact) mass is 270 g/mol. The lowest BCUT2D eigenvalue weighted by molar-refractivity contribution is -0.124. The molecule has 4 aromatic rings. The van der Waals surface area contributed by atoms with E-state index in [4.69, 9.17) is 0 Å². The van der Waals surface area contributed by atoms with Crippen molar-refractivity contribution in [2.45, 2.75) is 18.8 Å². The molecule has 100 valence electrons. The number of ketones is 1. The highest BCUT2D eigenvalue weighted by Crippen LogP contribution is 2.42. The SMILES string of the molecule is O=C1CC(c2ccc3ccc4cccc5ccc2c3c45)C1. The number of benzene rings is 4. The molecule has 0 saturated heterocycles. The summed E-state index contributed by atoms with van der Waals surface area (Å²) in [6, 6.07) is 19.8. The van der Waals surface area contributed by atoms with E-state index in [9.17, 15) is 4.79 Å². The fourth-order valence-electron chi connectivity index (χ4n) is 3.82. The maximum absolute atomic E-state index is 11.4. The van der Waals surface area contributed by atoms with E-state index in [1.165, 1.54) is 37.9 Å². The summed E-state index contributed by atoms with van der Waals surface area (Å²) in [6.07, 6.45) is 1.42. The van der Waals surface area contributed by atoms with Gasteiger partial charge in [0.05, 0.1) is 0 Å². The lowest BCUT2D eigenvalue weighted by Crippen LogP contribution is -2.21. The lowest BCUT2D eigenvalue weighted by Gasteiger charge is -2.26. The summed E-state index contributed by atoms with van der Waals surface area (Å²) in [4.78, 5) is 11.4. The van der Waals surface area contributed by atoms with E-state index < -0.39 is 0 Å². The average molecular weight is 270 g/mol. The topological polar surface area (TPSA) is 17.1 Å². The summed E-state index contributed by atoms with van der Waals surface area (Å²) in [5.41, 5.74) is 1.35. The summed E-state index contributed by atoms with van der Waals surface area (Å²) < 4.78 is 0. The zero-order valence-corrected chi connectivity index (χ0v) is 11.6. The maximum atomic E-state index is 11.4. The lowest BCUT2D eigenvalue weighted by atomic mass is 9.76. The molecule has 1 fully saturated rings. The molecule has 0 radical (unpaired) electrons. The Bertz CT molecular complexity index is 989. The molecular weight excluding hydrogens is 256 g/mol. The van der Waals surface area contributed by atoms with Gasteiger partial charge >= 0.3 is 0 Å². The van der Waals surface area contributed by atoms with E-state index in [0.717, 1.165) is 0 Å². The molecule has 0 aliphatic heterocycles. The van der Waals surface area contributed by atoms with Gasteiger partial charge < -0.3 is 0 Å². The summed E-state index contributed by atoms with van der Waals surface area (Å²) in [7, 11) is 0. The van der Waals surface area contributed by atoms with Gasteiger partial charge in [-0.25, -0.2) is 0 Å². The van der Waals surface area contributed by atoms with Crippen LogP contribution in [-0.2, 0) is 4.79 Å². The molecule has 0 amide bonds. The Kier molecular flexibility index (Phi) is 2.05. The van der Waals surface area contributed by atoms with Crippen LogP contribution in [0.3, 0.4) is 0 Å². The third-order valence-corrected chi connectivity index (χ3v) is 4.95. The van der Waals surface area contributed by atoms with Crippen LogP contribution in [0.2, 0.25) is 0 Å². The second-order valence-electron chi connectivity index (χ2n) is 6.15. The van der Waals surface area contributed by atoms with Gasteiger partial charge in [-0.1, -0.05) is 54.6 Å². The van der Waals surface area contributed by atoms with Gasteiger partial charge in [0.1, 0.15) is 5.78 Å². The van der Waals surface area contributed by atoms with Gasteiger partial charge in [0, 0.05) is 12.8 Å². The zero-order valence-electron chi connectivity index (χ0n) is 11.6. The second kappa shape index (κ2) is 3.82. The molecule has 21 heavy (non-hydrogen) atoms. The number of hydrogen-bond acceptors (Lipinski definition) is 1. The molecular formula is C20H14O. The van der Waals surface area contributed by atoms with Crippen molar-refractivity contribution in [3.63, 3.8) is 0 Å². The molecule has 0 bridgehead atoms. The van der Waals surface area contributed by atoms with Crippen molar-refractivity contribution in [3.05, 3.63) is 60.2 Å². The summed E-state index contributed by atoms with van der Waals surface area (Å²) in [5, 5.41) is 7.94. The Hall–Kier alpha value is -2.41. The van der Waals surface area contributed by atoms with Crippen molar-refractivity contribution in [2.75, 3.05) is 0 Å². The standard InChI is InChI=1S/C20H14O/c21-16-10-15(11-16)17-8-6-14-5-4-12-2-1-3-13-7-9-18(17)20(14)19(12)13/h1-9,15H,10-11H2. The van der Waals surface area contributed by atoms with Crippen LogP contribution >= 0.6 is 0 Å². The Morgan fingerprint density at radius 3 is 2.05 bits per heavy atom. The predicted molar refractivity (Wildman–Crippen MR) is 87.1 cm³/mol. The van der Waals surface area contributed by atoms with Crippen LogP contribution in [0.15, 0.2) is 54.6 Å². The van der Waals surface area contributed by atoms with Gasteiger partial charge in [-0.3, -0.25) is 4.79 Å². The van der Waals surface area contributed by atoms with Crippen molar-refractivity contribution in [1.82, 2.24) is 0 Å². The maximum Gasteiger partial charge on any atom is 0.134 e. The highest BCUT2D eigenvalue weighted by atomic mass is 16.1. The first-order valence-corrected chi connectivity index (χ1v) is 7.49. The third kappa shape index (κ3) is 1.43. The van der Waals surface area contributed by atoms with Crippen molar-refractivity contribution in [2.24, 2.45) is 0 Å². The molecule has 0 spiro atoms. The first-order valence-electron chi connectivity index (χ1n) is 7.49. The van der Waals surface area contributed by atoms with Crippen LogP contribution < -0.4 is 0 Å². The Morgan fingerprint density at radius 1 is 0.714 bits per heavy atom. The largest absolute Gasteiger partial charge is 0.300 e. The van der Waals surface area contributed by atoms with Crippen LogP contribution in [-0.4, -0.2) is 5.78 Å². The number of carbonyl (C=O) groups is 1. The van der Waals surface area contributed by atoms with Gasteiger partial charge in [-0.05, 0) is 43.8 Å². The van der Waals surface area contributed by atoms with Crippen molar-refractivity contribution in [3.8, 4) is 0 Å². The minimum absolute atomic E-state index is 0.394.